The first-order valence-corrected chi connectivity index (χ1v) is 8.67. The van der Waals surface area contributed by atoms with Crippen molar-refractivity contribution >= 4 is 28.7 Å². The Morgan fingerprint density at radius 2 is 2.09 bits per heavy atom. The van der Waals surface area contributed by atoms with Gasteiger partial charge in [-0.1, -0.05) is 13.8 Å². The van der Waals surface area contributed by atoms with Crippen LogP contribution in [0.2, 0.25) is 0 Å². The Hall–Kier alpha value is -1.42. The third-order valence-corrected chi connectivity index (χ3v) is 5.20. The summed E-state index contributed by atoms with van der Waals surface area (Å²) in [6, 6.07) is 0. The predicted octanol–water partition coefficient (Wildman–Crippen LogP) is 0.417. The molecule has 126 valence electrons. The van der Waals surface area contributed by atoms with E-state index in [1.807, 2.05) is 0 Å². The first-order valence-electron chi connectivity index (χ1n) is 7.51. The molecule has 1 aliphatic rings. The Morgan fingerprint density at radius 3 is 2.83 bits per heavy atom. The highest BCUT2D eigenvalue weighted by Crippen LogP contribution is 2.33. The number of nitrogen functional groups attached to an aromatic ring is 1. The van der Waals surface area contributed by atoms with E-state index in [1.165, 1.54) is 12.7 Å². The lowest BCUT2D eigenvalue weighted by molar-refractivity contribution is -0.0289. The number of nitrogens with zero attached hydrogens (tertiary/aromatic N) is 4. The molecular formula is C14H21N5O3S. The minimum atomic E-state index is -1.05. The first kappa shape index (κ1) is 16.4. The number of ether oxygens (including phenoxy) is 1. The molecule has 1 aliphatic heterocycles. The summed E-state index contributed by atoms with van der Waals surface area (Å²) in [5.74, 6) is 2.43. The lowest BCUT2D eigenvalue weighted by Gasteiger charge is -2.16. The van der Waals surface area contributed by atoms with Crippen molar-refractivity contribution in [1.29, 1.82) is 0 Å². The van der Waals surface area contributed by atoms with Crippen molar-refractivity contribution in [2.45, 2.75) is 38.4 Å². The first-order chi connectivity index (χ1) is 11.0. The SMILES string of the molecule is CC(C)CSC[C@H]1O[C@@H](n2cnc3c(N)ncnc32)[C@H](O)[C@H]1O. The van der Waals surface area contributed by atoms with Gasteiger partial charge < -0.3 is 20.7 Å². The zero-order chi connectivity index (χ0) is 16.6. The van der Waals surface area contributed by atoms with Gasteiger partial charge in [0.1, 0.15) is 24.1 Å². The molecule has 2 aromatic heterocycles. The van der Waals surface area contributed by atoms with Crippen molar-refractivity contribution in [1.82, 2.24) is 19.5 Å². The number of nitrogens with two attached hydrogens (primary N) is 1. The molecule has 3 rings (SSSR count). The van der Waals surface area contributed by atoms with Crippen LogP contribution in [0, 0.1) is 5.92 Å². The standard InChI is InChI=1S/C14H21N5O3S/c1-7(2)3-23-4-8-10(20)11(21)14(22-8)19-6-18-9-12(15)16-5-17-13(9)19/h5-8,10-11,14,20-21H,3-4H2,1-2H3,(H2,15,16,17)/t8-,10+,11-,14-/m1/s1. The van der Waals surface area contributed by atoms with Crippen LogP contribution in [-0.4, -0.2) is 59.5 Å². The van der Waals surface area contributed by atoms with E-state index < -0.39 is 24.5 Å². The summed E-state index contributed by atoms with van der Waals surface area (Å²) in [6.45, 7) is 4.27. The van der Waals surface area contributed by atoms with Crippen LogP contribution in [0.25, 0.3) is 11.2 Å². The molecule has 0 radical (unpaired) electrons. The lowest BCUT2D eigenvalue weighted by Crippen LogP contribution is -2.32. The van der Waals surface area contributed by atoms with Crippen molar-refractivity contribution in [3.8, 4) is 0 Å². The van der Waals surface area contributed by atoms with Crippen LogP contribution >= 0.6 is 11.8 Å². The lowest BCUT2D eigenvalue weighted by atomic mass is 10.1. The molecule has 2 aromatic rings. The Bertz CT molecular complexity index is 679. The van der Waals surface area contributed by atoms with Crippen LogP contribution in [0.1, 0.15) is 20.1 Å². The summed E-state index contributed by atoms with van der Waals surface area (Å²) in [5, 5.41) is 20.6. The number of thioether (sulfide) groups is 1. The molecular weight excluding hydrogens is 318 g/mol. The van der Waals surface area contributed by atoms with E-state index in [2.05, 4.69) is 28.8 Å². The molecule has 3 heterocycles. The van der Waals surface area contributed by atoms with Gasteiger partial charge in [0.2, 0.25) is 0 Å². The highest BCUT2D eigenvalue weighted by molar-refractivity contribution is 7.99. The molecule has 0 unspecified atom stereocenters. The fourth-order valence-corrected chi connectivity index (χ4v) is 3.69. The van der Waals surface area contributed by atoms with Gasteiger partial charge in [-0.05, 0) is 11.7 Å². The van der Waals surface area contributed by atoms with Gasteiger partial charge in [0.25, 0.3) is 0 Å². The second-order valence-electron chi connectivity index (χ2n) is 6.06. The van der Waals surface area contributed by atoms with Crippen LogP contribution in [0.3, 0.4) is 0 Å². The third-order valence-electron chi connectivity index (χ3n) is 3.73. The number of rotatable bonds is 5. The summed E-state index contributed by atoms with van der Waals surface area (Å²) >= 11 is 1.70. The predicted molar refractivity (Wildman–Crippen MR) is 87.8 cm³/mol. The number of aliphatic hydroxyl groups is 2. The number of fused-ring (bicyclic) bond motifs is 1. The van der Waals surface area contributed by atoms with Gasteiger partial charge in [-0.15, -0.1) is 0 Å². The maximum absolute atomic E-state index is 10.3. The highest BCUT2D eigenvalue weighted by atomic mass is 32.2. The van der Waals surface area contributed by atoms with Crippen molar-refractivity contribution in [3.63, 3.8) is 0 Å². The van der Waals surface area contributed by atoms with Gasteiger partial charge in [0.05, 0.1) is 12.4 Å². The molecule has 1 fully saturated rings. The van der Waals surface area contributed by atoms with Gasteiger partial charge in [0, 0.05) is 5.75 Å². The van der Waals surface area contributed by atoms with Gasteiger partial charge in [0.15, 0.2) is 17.7 Å². The second-order valence-corrected chi connectivity index (χ2v) is 7.14. The summed E-state index contributed by atoms with van der Waals surface area (Å²) in [6.07, 6.45) is -0.336. The third kappa shape index (κ3) is 3.14. The molecule has 0 bridgehead atoms. The van der Waals surface area contributed by atoms with Crippen molar-refractivity contribution in [2.75, 3.05) is 17.2 Å². The van der Waals surface area contributed by atoms with Crippen LogP contribution in [0.5, 0.6) is 0 Å². The van der Waals surface area contributed by atoms with E-state index in [1.54, 1.807) is 16.3 Å². The molecule has 1 saturated heterocycles. The molecule has 0 aromatic carbocycles. The highest BCUT2D eigenvalue weighted by Gasteiger charge is 2.44. The van der Waals surface area contributed by atoms with E-state index in [9.17, 15) is 10.2 Å². The van der Waals surface area contributed by atoms with Crippen molar-refractivity contribution < 1.29 is 14.9 Å². The number of aromatic nitrogens is 4. The quantitative estimate of drug-likeness (QED) is 0.717. The average Bonchev–Trinajstić information content (AvgIpc) is 3.04. The van der Waals surface area contributed by atoms with Crippen LogP contribution in [0.4, 0.5) is 5.82 Å². The van der Waals surface area contributed by atoms with Crippen LogP contribution in [0.15, 0.2) is 12.7 Å². The zero-order valence-corrected chi connectivity index (χ0v) is 13.8. The Kier molecular flexibility index (Phi) is 4.72. The fourth-order valence-electron chi connectivity index (χ4n) is 2.57. The fraction of sp³-hybridized carbons (Fsp3) is 0.643. The minimum Gasteiger partial charge on any atom is -0.387 e. The minimum absolute atomic E-state index is 0.269. The molecule has 4 N–H and O–H groups in total. The topological polar surface area (TPSA) is 119 Å². The second kappa shape index (κ2) is 6.60. The van der Waals surface area contributed by atoms with E-state index >= 15 is 0 Å². The van der Waals surface area contributed by atoms with Gasteiger partial charge in [-0.2, -0.15) is 11.8 Å². The molecule has 0 saturated carbocycles. The normalized spacial score (nSPS) is 28.0. The molecule has 9 heteroatoms. The maximum Gasteiger partial charge on any atom is 0.167 e. The zero-order valence-electron chi connectivity index (χ0n) is 13.0. The number of aliphatic hydroxyl groups excluding tert-OH is 2. The number of anilines is 1. The van der Waals surface area contributed by atoms with Crippen molar-refractivity contribution in [3.05, 3.63) is 12.7 Å². The largest absolute Gasteiger partial charge is 0.387 e. The number of imidazole rings is 1. The van der Waals surface area contributed by atoms with Gasteiger partial charge in [-0.25, -0.2) is 15.0 Å². The molecule has 23 heavy (non-hydrogen) atoms. The van der Waals surface area contributed by atoms with Gasteiger partial charge >= 0.3 is 0 Å². The summed E-state index contributed by atoms with van der Waals surface area (Å²) in [5.41, 5.74) is 6.70. The molecule has 4 atom stereocenters. The Morgan fingerprint density at radius 1 is 1.30 bits per heavy atom. The maximum atomic E-state index is 10.3. The monoisotopic (exact) mass is 339 g/mol. The summed E-state index contributed by atoms with van der Waals surface area (Å²) < 4.78 is 7.45. The summed E-state index contributed by atoms with van der Waals surface area (Å²) in [7, 11) is 0. The Labute approximate surface area is 138 Å². The smallest absolute Gasteiger partial charge is 0.167 e. The van der Waals surface area contributed by atoms with E-state index in [0.717, 1.165) is 5.75 Å². The number of hydrogen-bond donors (Lipinski definition) is 3. The molecule has 0 amide bonds. The molecule has 0 spiro atoms. The Balaban J connectivity index is 1.78. The molecule has 0 aliphatic carbocycles. The van der Waals surface area contributed by atoms with E-state index in [0.29, 0.717) is 22.8 Å². The average molecular weight is 339 g/mol. The molecule has 8 nitrogen and oxygen atoms in total. The number of hydrogen-bond acceptors (Lipinski definition) is 8. The van der Waals surface area contributed by atoms with Crippen LogP contribution < -0.4 is 5.73 Å². The van der Waals surface area contributed by atoms with E-state index in [4.69, 9.17) is 10.5 Å². The van der Waals surface area contributed by atoms with Crippen LogP contribution in [-0.2, 0) is 4.74 Å². The van der Waals surface area contributed by atoms with Crippen molar-refractivity contribution in [2.24, 2.45) is 5.92 Å². The summed E-state index contributed by atoms with van der Waals surface area (Å²) in [4.78, 5) is 12.2. The van der Waals surface area contributed by atoms with E-state index in [-0.39, 0.29) is 5.82 Å². The van der Waals surface area contributed by atoms with Gasteiger partial charge in [-0.3, -0.25) is 4.57 Å².